The lowest BCUT2D eigenvalue weighted by atomic mass is 10.5. The van der Waals surface area contributed by atoms with Crippen molar-refractivity contribution in [3.05, 3.63) is 0 Å². The number of aliphatic hydroxyl groups excluding tert-OH is 1. The number of hydrogen-bond donors (Lipinski definition) is 1. The molecular formula is C21H46O8Si3. The summed E-state index contributed by atoms with van der Waals surface area (Å²) in [6.07, 6.45) is 3.54. The van der Waals surface area contributed by atoms with Gasteiger partial charge < -0.3 is 37.0 Å². The third kappa shape index (κ3) is 13.9. The van der Waals surface area contributed by atoms with E-state index in [0.717, 1.165) is 63.8 Å². The first-order chi connectivity index (χ1) is 15.1. The molecule has 8 nitrogen and oxygen atoms in total. The van der Waals surface area contributed by atoms with E-state index in [1.807, 2.05) is 0 Å². The van der Waals surface area contributed by atoms with Crippen molar-refractivity contribution in [3.8, 4) is 0 Å². The van der Waals surface area contributed by atoms with Gasteiger partial charge in [-0.3, -0.25) is 0 Å². The van der Waals surface area contributed by atoms with Crippen LogP contribution >= 0.6 is 0 Å². The quantitative estimate of drug-likeness (QED) is 0.109. The van der Waals surface area contributed by atoms with E-state index in [4.69, 9.17) is 37.0 Å². The Labute approximate surface area is 197 Å². The molecular weight excluding hydrogens is 464 g/mol. The van der Waals surface area contributed by atoms with Crippen molar-refractivity contribution >= 4 is 25.2 Å². The van der Waals surface area contributed by atoms with Crippen molar-refractivity contribution < 1.29 is 37.0 Å². The first-order valence-corrected chi connectivity index (χ1v) is 20.9. The van der Waals surface area contributed by atoms with Crippen LogP contribution in [0.5, 0.6) is 0 Å². The normalized spacial score (nSPS) is 22.7. The Morgan fingerprint density at radius 3 is 1.66 bits per heavy atom. The monoisotopic (exact) mass is 510 g/mol. The maximum Gasteiger partial charge on any atom is 0.311 e. The largest absolute Gasteiger partial charge is 0.437 e. The predicted octanol–water partition coefficient (Wildman–Crippen LogP) is 3.47. The lowest BCUT2D eigenvalue weighted by Crippen LogP contribution is -2.53. The van der Waals surface area contributed by atoms with E-state index < -0.39 is 25.2 Å². The van der Waals surface area contributed by atoms with Crippen LogP contribution < -0.4 is 0 Å². The molecule has 0 radical (unpaired) electrons. The Morgan fingerprint density at radius 1 is 0.719 bits per heavy atom. The van der Waals surface area contributed by atoms with Gasteiger partial charge in [-0.2, -0.15) is 0 Å². The summed E-state index contributed by atoms with van der Waals surface area (Å²) >= 11 is 0. The van der Waals surface area contributed by atoms with Crippen molar-refractivity contribution in [2.75, 3.05) is 53.0 Å². The van der Waals surface area contributed by atoms with Crippen molar-refractivity contribution in [2.45, 2.75) is 82.3 Å². The predicted molar refractivity (Wildman–Crippen MR) is 131 cm³/mol. The second-order valence-corrected chi connectivity index (χ2v) is 22.6. The highest BCUT2D eigenvalue weighted by Crippen LogP contribution is 2.29. The van der Waals surface area contributed by atoms with Gasteiger partial charge >= 0.3 is 8.56 Å². The maximum absolute atomic E-state index is 8.90. The molecule has 0 aromatic rings. The summed E-state index contributed by atoms with van der Waals surface area (Å²) in [4.78, 5) is 0. The Hall–Kier alpha value is 0.331. The molecule has 1 N–H and O–H groups in total. The Kier molecular flexibility index (Phi) is 12.5. The topological polar surface area (TPSA) is 91.4 Å². The lowest BCUT2D eigenvalue weighted by Gasteiger charge is -2.40. The summed E-state index contributed by atoms with van der Waals surface area (Å²) in [6, 6.07) is 3.10. The van der Waals surface area contributed by atoms with E-state index in [1.54, 1.807) is 0 Å². The zero-order chi connectivity index (χ0) is 23.5. The summed E-state index contributed by atoms with van der Waals surface area (Å²) < 4.78 is 40.6. The molecule has 2 rings (SSSR count). The Morgan fingerprint density at radius 2 is 1.19 bits per heavy atom. The highest BCUT2D eigenvalue weighted by Gasteiger charge is 2.41. The first kappa shape index (κ1) is 28.6. The number of epoxide rings is 2. The summed E-state index contributed by atoms with van der Waals surface area (Å²) in [7, 11) is -6.12. The molecule has 3 atom stereocenters. The minimum absolute atomic E-state index is 0.225. The van der Waals surface area contributed by atoms with E-state index in [-0.39, 0.29) is 6.79 Å². The molecule has 2 fully saturated rings. The number of aliphatic hydroxyl groups is 1. The van der Waals surface area contributed by atoms with Gasteiger partial charge in [0.25, 0.3) is 0 Å². The maximum atomic E-state index is 8.90. The van der Waals surface area contributed by atoms with Gasteiger partial charge in [0.05, 0.1) is 26.4 Å². The zero-order valence-electron chi connectivity index (χ0n) is 20.9. The summed E-state index contributed by atoms with van der Waals surface area (Å²) in [5, 5.41) is 8.90. The minimum atomic E-state index is -2.28. The van der Waals surface area contributed by atoms with Crippen LogP contribution in [0.2, 0.25) is 50.9 Å². The fourth-order valence-corrected chi connectivity index (χ4v) is 18.9. The van der Waals surface area contributed by atoms with Crippen LogP contribution in [0.25, 0.3) is 0 Å². The van der Waals surface area contributed by atoms with E-state index in [9.17, 15) is 0 Å². The SMILES string of the molecule is C[Si](C)(CCCOCC1CO1)O[Si](C)(C)O[Si](C)(CCCOCO)CCCOCC1CO1. The molecule has 11 heteroatoms. The zero-order valence-corrected chi connectivity index (χ0v) is 23.9. The molecule has 190 valence electrons. The highest BCUT2D eigenvalue weighted by atomic mass is 28.5. The summed E-state index contributed by atoms with van der Waals surface area (Å²) in [5.41, 5.74) is 0. The van der Waals surface area contributed by atoms with Gasteiger partial charge in [-0.25, -0.2) is 0 Å². The molecule has 32 heavy (non-hydrogen) atoms. The Bertz CT molecular complexity index is 517. The molecule has 0 saturated carbocycles. The summed E-state index contributed by atoms with van der Waals surface area (Å²) in [5.74, 6) is 0. The van der Waals surface area contributed by atoms with Crippen molar-refractivity contribution in [2.24, 2.45) is 0 Å². The van der Waals surface area contributed by atoms with Crippen LogP contribution in [0.3, 0.4) is 0 Å². The van der Waals surface area contributed by atoms with Crippen LogP contribution in [-0.2, 0) is 31.9 Å². The minimum Gasteiger partial charge on any atom is -0.437 e. The van der Waals surface area contributed by atoms with Crippen molar-refractivity contribution in [1.29, 1.82) is 0 Å². The van der Waals surface area contributed by atoms with Gasteiger partial charge in [-0.15, -0.1) is 0 Å². The van der Waals surface area contributed by atoms with E-state index in [2.05, 4.69) is 32.7 Å². The number of rotatable bonds is 21. The molecule has 0 amide bonds. The second kappa shape index (κ2) is 14.0. The fourth-order valence-electron chi connectivity index (χ4n) is 4.08. The van der Waals surface area contributed by atoms with Crippen molar-refractivity contribution in [3.63, 3.8) is 0 Å². The smallest absolute Gasteiger partial charge is 0.311 e. The second-order valence-electron chi connectivity index (χ2n) is 10.2. The van der Waals surface area contributed by atoms with Crippen LogP contribution in [0.1, 0.15) is 19.3 Å². The third-order valence-corrected chi connectivity index (χ3v) is 18.1. The summed E-state index contributed by atoms with van der Waals surface area (Å²) in [6.45, 7) is 16.2. The molecule has 2 aliphatic heterocycles. The third-order valence-electron chi connectivity index (χ3n) is 5.57. The van der Waals surface area contributed by atoms with Crippen molar-refractivity contribution in [1.82, 2.24) is 0 Å². The molecule has 0 aromatic heterocycles. The highest BCUT2D eigenvalue weighted by molar-refractivity contribution is 6.88. The van der Waals surface area contributed by atoms with Gasteiger partial charge in [0.2, 0.25) is 0 Å². The lowest BCUT2D eigenvalue weighted by molar-refractivity contribution is -0.00114. The average molecular weight is 511 g/mol. The first-order valence-electron chi connectivity index (χ1n) is 12.1. The number of ether oxygens (including phenoxy) is 5. The van der Waals surface area contributed by atoms with Crippen LogP contribution in [0.4, 0.5) is 0 Å². The van der Waals surface area contributed by atoms with E-state index >= 15 is 0 Å². The molecule has 2 heterocycles. The van der Waals surface area contributed by atoms with Gasteiger partial charge in [0, 0.05) is 19.8 Å². The molecule has 0 bridgehead atoms. The molecule has 3 unspecified atom stereocenters. The molecule has 0 aromatic carbocycles. The molecule has 0 spiro atoms. The fraction of sp³-hybridized carbons (Fsp3) is 1.00. The van der Waals surface area contributed by atoms with E-state index in [1.165, 1.54) is 0 Å². The molecule has 2 aliphatic rings. The van der Waals surface area contributed by atoms with Crippen LogP contribution in [0, 0.1) is 0 Å². The average Bonchev–Trinajstić information content (AvgIpc) is 3.58. The molecule has 0 aliphatic carbocycles. The molecule has 2 saturated heterocycles. The van der Waals surface area contributed by atoms with Crippen LogP contribution in [0.15, 0.2) is 0 Å². The van der Waals surface area contributed by atoms with E-state index in [0.29, 0.717) is 32.0 Å². The number of hydrogen-bond acceptors (Lipinski definition) is 8. The van der Waals surface area contributed by atoms with Gasteiger partial charge in [0.15, 0.2) is 16.6 Å². The Balaban J connectivity index is 1.76. The van der Waals surface area contributed by atoms with Crippen LogP contribution in [-0.4, -0.2) is 95.6 Å². The standard InChI is InChI=1S/C21H46O8Si3/c1-30(2,12-6-9-23-15-20-17-26-20)28-31(3,4)29-32(5,14-8-11-25-19-22)13-7-10-24-16-21-18-27-21/h20-22H,6-19H2,1-5H3. The van der Waals surface area contributed by atoms with Gasteiger partial charge in [0.1, 0.15) is 19.0 Å². The van der Waals surface area contributed by atoms with Gasteiger partial charge in [-0.1, -0.05) is 0 Å². The van der Waals surface area contributed by atoms with Gasteiger partial charge in [-0.05, 0) is 70.1 Å².